The Hall–Kier alpha value is -1.77. The molecular weight excluding hydrogens is 204 g/mol. The van der Waals surface area contributed by atoms with Gasteiger partial charge in [0.15, 0.2) is 0 Å². The van der Waals surface area contributed by atoms with Crippen LogP contribution in [0.15, 0.2) is 36.9 Å². The first-order chi connectivity index (χ1) is 7.72. The Labute approximate surface area is 95.7 Å². The summed E-state index contributed by atoms with van der Waals surface area (Å²) in [5, 5.41) is 0. The molecule has 3 heteroatoms. The van der Waals surface area contributed by atoms with Crippen molar-refractivity contribution >= 4 is 5.97 Å². The number of methoxy groups -OCH3 is 1. The van der Waals surface area contributed by atoms with Gasteiger partial charge in [-0.15, -0.1) is 6.58 Å². The van der Waals surface area contributed by atoms with Crippen molar-refractivity contribution in [2.75, 3.05) is 13.7 Å². The average molecular weight is 220 g/mol. The topological polar surface area (TPSA) is 35.5 Å². The highest BCUT2D eigenvalue weighted by molar-refractivity contribution is 5.80. The first-order valence-corrected chi connectivity index (χ1v) is 5.16. The van der Waals surface area contributed by atoms with Crippen molar-refractivity contribution in [2.24, 2.45) is 0 Å². The van der Waals surface area contributed by atoms with Gasteiger partial charge in [-0.05, 0) is 24.6 Å². The molecule has 1 aromatic rings. The molecule has 0 radical (unpaired) electrons. The second-order valence-electron chi connectivity index (χ2n) is 3.24. The van der Waals surface area contributed by atoms with Crippen LogP contribution < -0.4 is 4.74 Å². The predicted molar refractivity (Wildman–Crippen MR) is 62.6 cm³/mol. The van der Waals surface area contributed by atoms with Gasteiger partial charge in [-0.3, -0.25) is 4.79 Å². The molecule has 0 amide bonds. The van der Waals surface area contributed by atoms with Crippen LogP contribution in [-0.2, 0) is 9.53 Å². The van der Waals surface area contributed by atoms with E-state index in [0.29, 0.717) is 6.61 Å². The maximum Gasteiger partial charge on any atom is 0.317 e. The van der Waals surface area contributed by atoms with Crippen LogP contribution in [0.25, 0.3) is 0 Å². The number of benzene rings is 1. The van der Waals surface area contributed by atoms with Crippen molar-refractivity contribution in [3.8, 4) is 5.75 Å². The second-order valence-corrected chi connectivity index (χ2v) is 3.24. The lowest BCUT2D eigenvalue weighted by Crippen LogP contribution is -2.11. The molecule has 3 nitrogen and oxygen atoms in total. The third-order valence-electron chi connectivity index (χ3n) is 2.24. The Morgan fingerprint density at radius 1 is 1.44 bits per heavy atom. The molecule has 0 bridgehead atoms. The smallest absolute Gasteiger partial charge is 0.317 e. The van der Waals surface area contributed by atoms with Gasteiger partial charge in [-0.1, -0.05) is 18.2 Å². The van der Waals surface area contributed by atoms with E-state index in [-0.39, 0.29) is 5.97 Å². The zero-order chi connectivity index (χ0) is 12.0. The Morgan fingerprint density at radius 2 is 2.06 bits per heavy atom. The maximum absolute atomic E-state index is 11.4. The first kappa shape index (κ1) is 12.3. The maximum atomic E-state index is 11.4. The van der Waals surface area contributed by atoms with E-state index in [1.807, 2.05) is 31.2 Å². The number of hydrogen-bond acceptors (Lipinski definition) is 3. The van der Waals surface area contributed by atoms with Crippen LogP contribution in [0.5, 0.6) is 5.75 Å². The molecule has 0 aliphatic carbocycles. The highest BCUT2D eigenvalue weighted by Crippen LogP contribution is 2.21. The van der Waals surface area contributed by atoms with Crippen molar-refractivity contribution in [3.05, 3.63) is 42.5 Å². The number of rotatable bonds is 5. The molecule has 16 heavy (non-hydrogen) atoms. The summed E-state index contributed by atoms with van der Waals surface area (Å²) in [6, 6.07) is 7.35. The fraction of sp³-hybridized carbons (Fsp3) is 0.308. The SMILES string of the molecule is C=CC(C(=O)OC)c1ccc(OCC)cc1. The standard InChI is InChI=1S/C13H16O3/c1-4-12(13(14)15-3)10-6-8-11(9-7-10)16-5-2/h4,6-9,12H,1,5H2,2-3H3. The van der Waals surface area contributed by atoms with Crippen molar-refractivity contribution < 1.29 is 14.3 Å². The van der Waals surface area contributed by atoms with Crippen LogP contribution in [0.3, 0.4) is 0 Å². The molecule has 1 unspecified atom stereocenters. The highest BCUT2D eigenvalue weighted by atomic mass is 16.5. The first-order valence-electron chi connectivity index (χ1n) is 5.16. The van der Waals surface area contributed by atoms with E-state index in [1.165, 1.54) is 7.11 Å². The van der Waals surface area contributed by atoms with E-state index in [9.17, 15) is 4.79 Å². The van der Waals surface area contributed by atoms with Crippen molar-refractivity contribution in [2.45, 2.75) is 12.8 Å². The fourth-order valence-corrected chi connectivity index (χ4v) is 1.43. The number of carbonyl (C=O) groups is 1. The minimum absolute atomic E-state index is 0.306. The van der Waals surface area contributed by atoms with E-state index in [2.05, 4.69) is 6.58 Å². The Balaban J connectivity index is 2.86. The van der Waals surface area contributed by atoms with Gasteiger partial charge in [0.2, 0.25) is 0 Å². The third kappa shape index (κ3) is 2.86. The summed E-state index contributed by atoms with van der Waals surface area (Å²) in [5.74, 6) is 0.0683. The van der Waals surface area contributed by atoms with Crippen LogP contribution in [0.1, 0.15) is 18.4 Å². The summed E-state index contributed by atoms with van der Waals surface area (Å²) < 4.78 is 10.0. The fourth-order valence-electron chi connectivity index (χ4n) is 1.43. The van der Waals surface area contributed by atoms with E-state index in [0.717, 1.165) is 11.3 Å². The Morgan fingerprint density at radius 3 is 2.50 bits per heavy atom. The zero-order valence-corrected chi connectivity index (χ0v) is 9.60. The Bertz CT molecular complexity index is 354. The molecule has 86 valence electrons. The van der Waals surface area contributed by atoms with Crippen molar-refractivity contribution in [1.82, 2.24) is 0 Å². The zero-order valence-electron chi connectivity index (χ0n) is 9.60. The predicted octanol–water partition coefficient (Wildman–Crippen LogP) is 2.53. The van der Waals surface area contributed by atoms with Crippen LogP contribution in [0, 0.1) is 0 Å². The molecule has 0 N–H and O–H groups in total. The molecule has 0 aromatic heterocycles. The second kappa shape index (κ2) is 5.95. The van der Waals surface area contributed by atoms with Crippen molar-refractivity contribution in [3.63, 3.8) is 0 Å². The molecule has 1 atom stereocenters. The molecule has 1 rings (SSSR count). The molecule has 0 saturated carbocycles. The largest absolute Gasteiger partial charge is 0.494 e. The van der Waals surface area contributed by atoms with Gasteiger partial charge in [0.25, 0.3) is 0 Å². The van der Waals surface area contributed by atoms with Crippen LogP contribution in [-0.4, -0.2) is 19.7 Å². The minimum Gasteiger partial charge on any atom is -0.494 e. The number of esters is 1. The lowest BCUT2D eigenvalue weighted by atomic mass is 9.99. The summed E-state index contributed by atoms with van der Waals surface area (Å²) in [5.41, 5.74) is 0.852. The summed E-state index contributed by atoms with van der Waals surface area (Å²) in [6.45, 7) is 6.18. The van der Waals surface area contributed by atoms with E-state index in [4.69, 9.17) is 9.47 Å². The monoisotopic (exact) mass is 220 g/mol. The normalized spacial score (nSPS) is 11.6. The average Bonchev–Trinajstić information content (AvgIpc) is 2.32. The molecule has 1 aromatic carbocycles. The van der Waals surface area contributed by atoms with Gasteiger partial charge >= 0.3 is 5.97 Å². The lowest BCUT2D eigenvalue weighted by Gasteiger charge is -2.11. The lowest BCUT2D eigenvalue weighted by molar-refractivity contribution is -0.141. The van der Waals surface area contributed by atoms with Gasteiger partial charge in [0.05, 0.1) is 19.6 Å². The molecular formula is C13H16O3. The molecule has 0 aliphatic heterocycles. The van der Waals surface area contributed by atoms with Crippen LogP contribution in [0.2, 0.25) is 0 Å². The van der Waals surface area contributed by atoms with E-state index >= 15 is 0 Å². The molecule has 0 spiro atoms. The highest BCUT2D eigenvalue weighted by Gasteiger charge is 2.17. The third-order valence-corrected chi connectivity index (χ3v) is 2.24. The van der Waals surface area contributed by atoms with Gasteiger partial charge in [-0.25, -0.2) is 0 Å². The van der Waals surface area contributed by atoms with Crippen molar-refractivity contribution in [1.29, 1.82) is 0 Å². The molecule has 0 fully saturated rings. The molecule has 0 heterocycles. The number of carbonyl (C=O) groups excluding carboxylic acids is 1. The quantitative estimate of drug-likeness (QED) is 0.565. The van der Waals surface area contributed by atoms with Gasteiger partial charge < -0.3 is 9.47 Å². The summed E-state index contributed by atoms with van der Waals surface area (Å²) in [6.07, 6.45) is 1.57. The summed E-state index contributed by atoms with van der Waals surface area (Å²) in [4.78, 5) is 11.4. The summed E-state index contributed by atoms with van der Waals surface area (Å²) >= 11 is 0. The van der Waals surface area contributed by atoms with Gasteiger partial charge in [-0.2, -0.15) is 0 Å². The minimum atomic E-state index is -0.416. The van der Waals surface area contributed by atoms with E-state index in [1.54, 1.807) is 6.08 Å². The van der Waals surface area contributed by atoms with Crippen LogP contribution >= 0.6 is 0 Å². The molecule has 0 saturated heterocycles. The molecule has 0 aliphatic rings. The number of ether oxygens (including phenoxy) is 2. The summed E-state index contributed by atoms with van der Waals surface area (Å²) in [7, 11) is 1.37. The Kier molecular flexibility index (Phi) is 4.58. The van der Waals surface area contributed by atoms with Crippen LogP contribution in [0.4, 0.5) is 0 Å². The van der Waals surface area contributed by atoms with Gasteiger partial charge in [0.1, 0.15) is 5.75 Å². The van der Waals surface area contributed by atoms with Gasteiger partial charge in [0, 0.05) is 0 Å². The number of hydrogen-bond donors (Lipinski definition) is 0. The van der Waals surface area contributed by atoms with E-state index < -0.39 is 5.92 Å².